The van der Waals surface area contributed by atoms with E-state index >= 15 is 0 Å². The van der Waals surface area contributed by atoms with Gasteiger partial charge >= 0.3 is 0 Å². The van der Waals surface area contributed by atoms with Crippen LogP contribution in [-0.2, 0) is 0 Å². The van der Waals surface area contributed by atoms with Crippen LogP contribution in [0.4, 0.5) is 5.69 Å². The molecule has 0 saturated carbocycles. The number of H-pyrrole nitrogens is 1. The second-order valence-electron chi connectivity index (χ2n) is 2.98. The molecule has 0 bridgehead atoms. The van der Waals surface area contributed by atoms with Crippen LogP contribution < -0.4 is 0 Å². The normalized spacial score (nSPS) is 14.3. The predicted octanol–water partition coefficient (Wildman–Crippen LogP) is 2.96. The Morgan fingerprint density at radius 2 is 2.14 bits per heavy atom. The largest absolute Gasteiger partial charge is 0.361 e. The highest BCUT2D eigenvalue weighted by Crippen LogP contribution is 2.37. The maximum absolute atomic E-state index is 4.31. The number of aliphatic imine (C=N–C) groups is 1. The fraction of sp³-hybridized carbons (Fsp3) is 0. The first-order valence-corrected chi connectivity index (χ1v) is 5.05. The van der Waals surface area contributed by atoms with Crippen molar-refractivity contribution < 1.29 is 0 Å². The van der Waals surface area contributed by atoms with Gasteiger partial charge in [-0.3, -0.25) is 4.99 Å². The summed E-state index contributed by atoms with van der Waals surface area (Å²) in [6.07, 6.45) is 5.37. The van der Waals surface area contributed by atoms with Crippen molar-refractivity contribution in [1.82, 2.24) is 4.98 Å². The van der Waals surface area contributed by atoms with E-state index in [-0.39, 0.29) is 0 Å². The lowest BCUT2D eigenvalue weighted by atomic mass is 10.2. The fourth-order valence-corrected chi connectivity index (χ4v) is 2.23. The zero-order valence-corrected chi connectivity index (χ0v) is 8.08. The Bertz CT molecular complexity index is 539. The molecule has 0 unspecified atom stereocenters. The summed E-state index contributed by atoms with van der Waals surface area (Å²) >= 11 is 1.47. The van der Waals surface area contributed by atoms with Crippen LogP contribution in [0.15, 0.2) is 38.7 Å². The maximum atomic E-state index is 4.31. The van der Waals surface area contributed by atoms with E-state index in [0.29, 0.717) is 0 Å². The van der Waals surface area contributed by atoms with E-state index in [0.717, 1.165) is 16.1 Å². The van der Waals surface area contributed by atoms with Crippen LogP contribution in [0.3, 0.4) is 0 Å². The number of nitrogens with one attached hydrogen (secondary N) is 1. The third kappa shape index (κ3) is 1.08. The van der Waals surface area contributed by atoms with Gasteiger partial charge in [-0.2, -0.15) is 0 Å². The average Bonchev–Trinajstić information content (AvgIpc) is 2.55. The van der Waals surface area contributed by atoms with Crippen molar-refractivity contribution in [2.24, 2.45) is 9.39 Å². The van der Waals surface area contributed by atoms with E-state index in [1.807, 2.05) is 18.3 Å². The highest BCUT2D eigenvalue weighted by molar-refractivity contribution is 7.98. The van der Waals surface area contributed by atoms with Crippen molar-refractivity contribution in [3.63, 3.8) is 0 Å². The first kappa shape index (κ1) is 7.82. The Labute approximate surface area is 85.1 Å². The molecule has 2 heterocycles. The number of hydrogen-bond acceptors (Lipinski definition) is 3. The fourth-order valence-electron chi connectivity index (χ4n) is 1.52. The number of benzene rings is 1. The lowest BCUT2D eigenvalue weighted by Gasteiger charge is -2.01. The summed E-state index contributed by atoms with van der Waals surface area (Å²) in [7, 11) is 0. The van der Waals surface area contributed by atoms with Gasteiger partial charge in [-0.1, -0.05) is 0 Å². The van der Waals surface area contributed by atoms with Gasteiger partial charge < -0.3 is 4.98 Å². The van der Waals surface area contributed by atoms with Crippen molar-refractivity contribution in [2.75, 3.05) is 0 Å². The van der Waals surface area contributed by atoms with Crippen LogP contribution >= 0.6 is 11.9 Å². The molecule has 0 saturated heterocycles. The molecule has 0 fully saturated rings. The van der Waals surface area contributed by atoms with E-state index in [9.17, 15) is 0 Å². The van der Waals surface area contributed by atoms with Crippen molar-refractivity contribution >= 4 is 41.0 Å². The predicted molar refractivity (Wildman–Crippen MR) is 60.8 cm³/mol. The van der Waals surface area contributed by atoms with Crippen molar-refractivity contribution in [2.45, 2.75) is 4.90 Å². The van der Waals surface area contributed by atoms with Crippen LogP contribution in [0.25, 0.3) is 10.9 Å². The summed E-state index contributed by atoms with van der Waals surface area (Å²) in [5, 5.41) is 1.18. The Morgan fingerprint density at radius 3 is 3.14 bits per heavy atom. The van der Waals surface area contributed by atoms with Crippen molar-refractivity contribution in [3.05, 3.63) is 24.4 Å². The summed E-state index contributed by atoms with van der Waals surface area (Å²) in [5.41, 5.74) is 2.11. The number of hydrogen-bond donors (Lipinski definition) is 1. The van der Waals surface area contributed by atoms with E-state index in [1.165, 1.54) is 17.3 Å². The molecule has 0 spiro atoms. The lowest BCUT2D eigenvalue weighted by Crippen LogP contribution is -1.74. The number of nitrogens with zero attached hydrogens (tertiary/aromatic N) is 2. The molecule has 0 radical (unpaired) electrons. The van der Waals surface area contributed by atoms with Gasteiger partial charge in [-0.25, -0.2) is 4.40 Å². The van der Waals surface area contributed by atoms with Gasteiger partial charge in [-0.15, -0.1) is 0 Å². The van der Waals surface area contributed by atoms with Gasteiger partial charge in [0.2, 0.25) is 0 Å². The van der Waals surface area contributed by atoms with Gasteiger partial charge in [0.25, 0.3) is 0 Å². The van der Waals surface area contributed by atoms with Crippen LogP contribution in [0.1, 0.15) is 0 Å². The third-order valence-electron chi connectivity index (χ3n) is 2.15. The third-order valence-corrected chi connectivity index (χ3v) is 2.99. The molecule has 0 aliphatic carbocycles. The molecule has 3 nitrogen and oxygen atoms in total. The van der Waals surface area contributed by atoms with Crippen molar-refractivity contribution in [3.8, 4) is 0 Å². The molecule has 1 aromatic carbocycles. The number of aromatic amines is 1. The van der Waals surface area contributed by atoms with Crippen molar-refractivity contribution in [1.29, 1.82) is 0 Å². The number of aromatic nitrogens is 1. The SMILES string of the molecule is C1=NSc2c(ccc3[nH]ccc23)N=C1. The summed E-state index contributed by atoms with van der Waals surface area (Å²) < 4.78 is 4.17. The summed E-state index contributed by atoms with van der Waals surface area (Å²) in [4.78, 5) is 8.60. The Kier molecular flexibility index (Phi) is 1.67. The minimum absolute atomic E-state index is 0.986. The average molecular weight is 201 g/mol. The molecule has 0 amide bonds. The molecule has 4 heteroatoms. The summed E-state index contributed by atoms with van der Waals surface area (Å²) in [6.45, 7) is 0. The standard InChI is InChI=1S/C10H7N3S/c1-2-9-10(14-13-6-5-12-9)7-3-4-11-8(1)7/h1-6,11H. The number of rotatable bonds is 0. The molecular formula is C10H7N3S. The van der Waals surface area contributed by atoms with Gasteiger partial charge in [0, 0.05) is 35.3 Å². The number of fused-ring (bicyclic) bond motifs is 3. The minimum Gasteiger partial charge on any atom is -0.361 e. The highest BCUT2D eigenvalue weighted by Gasteiger charge is 2.08. The van der Waals surface area contributed by atoms with Crippen LogP contribution in [0, 0.1) is 0 Å². The minimum atomic E-state index is 0.986. The first-order valence-electron chi connectivity index (χ1n) is 4.28. The molecule has 1 N–H and O–H groups in total. The monoisotopic (exact) mass is 201 g/mol. The van der Waals surface area contributed by atoms with Crippen LogP contribution in [-0.4, -0.2) is 17.4 Å². The molecule has 2 aromatic rings. The van der Waals surface area contributed by atoms with E-state index < -0.39 is 0 Å². The second-order valence-corrected chi connectivity index (χ2v) is 3.78. The quantitative estimate of drug-likeness (QED) is 0.654. The van der Waals surface area contributed by atoms with Crippen LogP contribution in [0.2, 0.25) is 0 Å². The molecule has 3 rings (SSSR count). The Hall–Kier alpha value is -1.55. The van der Waals surface area contributed by atoms with Gasteiger partial charge in [0.1, 0.15) is 0 Å². The summed E-state index contributed by atoms with van der Waals surface area (Å²) in [5.74, 6) is 0. The zero-order chi connectivity index (χ0) is 9.38. The molecule has 1 aliphatic rings. The first-order chi connectivity index (χ1) is 6.95. The molecule has 0 atom stereocenters. The highest BCUT2D eigenvalue weighted by atomic mass is 32.2. The topological polar surface area (TPSA) is 40.5 Å². The Morgan fingerprint density at radius 1 is 1.14 bits per heavy atom. The van der Waals surface area contributed by atoms with Gasteiger partial charge in [0.05, 0.1) is 16.8 Å². The second kappa shape index (κ2) is 2.99. The molecular weight excluding hydrogens is 194 g/mol. The molecule has 14 heavy (non-hydrogen) atoms. The molecule has 1 aliphatic heterocycles. The van der Waals surface area contributed by atoms with Gasteiger partial charge in [0.15, 0.2) is 0 Å². The van der Waals surface area contributed by atoms with Crippen LogP contribution in [0.5, 0.6) is 0 Å². The van der Waals surface area contributed by atoms with E-state index in [1.54, 1.807) is 12.4 Å². The maximum Gasteiger partial charge on any atom is 0.0792 e. The lowest BCUT2D eigenvalue weighted by molar-refractivity contribution is 1.43. The molecule has 68 valence electrons. The smallest absolute Gasteiger partial charge is 0.0792 e. The zero-order valence-electron chi connectivity index (χ0n) is 7.27. The Balaban J connectivity index is 2.38. The van der Waals surface area contributed by atoms with E-state index in [2.05, 4.69) is 20.4 Å². The molecule has 1 aromatic heterocycles. The van der Waals surface area contributed by atoms with Gasteiger partial charge in [-0.05, 0) is 18.2 Å². The summed E-state index contributed by atoms with van der Waals surface area (Å²) in [6, 6.07) is 6.10. The van der Waals surface area contributed by atoms with E-state index in [4.69, 9.17) is 0 Å².